The van der Waals surface area contributed by atoms with Crippen molar-refractivity contribution in [3.05, 3.63) is 83.4 Å². The first-order valence-electron chi connectivity index (χ1n) is 13.7. The van der Waals surface area contributed by atoms with Gasteiger partial charge < -0.3 is 10.2 Å². The molecular weight excluding hydrogens is 595 g/mol. The van der Waals surface area contributed by atoms with Crippen LogP contribution in [0, 0.1) is 17.8 Å². The van der Waals surface area contributed by atoms with Crippen LogP contribution in [-0.4, -0.2) is 61.5 Å². The smallest absolute Gasteiger partial charge is 0.335 e. The number of carboxylic acids is 1. The Labute approximate surface area is 255 Å². The summed E-state index contributed by atoms with van der Waals surface area (Å²) in [6.07, 6.45) is 1.84. The Bertz CT molecular complexity index is 1860. The number of aromatic carboxylic acids is 1. The molecule has 4 aliphatic rings. The van der Waals surface area contributed by atoms with Crippen molar-refractivity contribution in [3.63, 3.8) is 0 Å². The van der Waals surface area contributed by atoms with Gasteiger partial charge in [0.1, 0.15) is 5.75 Å². The molecule has 2 heterocycles. The summed E-state index contributed by atoms with van der Waals surface area (Å²) < 4.78 is 0. The van der Waals surface area contributed by atoms with Crippen molar-refractivity contribution < 1.29 is 34.2 Å². The Morgan fingerprint density at radius 1 is 0.907 bits per heavy atom. The number of hydrogen-bond acceptors (Lipinski definition) is 6. The van der Waals surface area contributed by atoms with E-state index in [4.69, 9.17) is 23.2 Å². The molecule has 9 nitrogen and oxygen atoms in total. The van der Waals surface area contributed by atoms with E-state index in [9.17, 15) is 34.2 Å². The van der Waals surface area contributed by atoms with Crippen molar-refractivity contribution in [2.75, 3.05) is 11.9 Å². The third kappa shape index (κ3) is 3.43. The van der Waals surface area contributed by atoms with Crippen molar-refractivity contribution in [2.45, 2.75) is 28.5 Å². The minimum atomic E-state index is -1.95. The molecule has 7 rings (SSSR count). The monoisotopic (exact) mass is 618 g/mol. The highest BCUT2D eigenvalue weighted by atomic mass is 35.5. The molecule has 0 spiro atoms. The molecule has 0 bridgehead atoms. The fourth-order valence-corrected chi connectivity index (χ4v) is 8.69. The number of phenolic OH excluding ortho intramolecular Hbond substituents is 1. The summed E-state index contributed by atoms with van der Waals surface area (Å²) >= 11 is 14.5. The summed E-state index contributed by atoms with van der Waals surface area (Å²) in [7, 11) is 1.32. The molecule has 2 N–H and O–H groups in total. The quantitative estimate of drug-likeness (QED) is 0.252. The number of allylic oxidation sites excluding steroid dienone is 2. The Hall–Kier alpha value is -4.21. The topological polar surface area (TPSA) is 132 Å². The number of halogens is 2. The number of alkyl halides is 2. The van der Waals surface area contributed by atoms with Gasteiger partial charge >= 0.3 is 5.97 Å². The highest BCUT2D eigenvalue weighted by Crippen LogP contribution is 2.66. The normalized spacial score (nSPS) is 31.7. The fourth-order valence-electron chi connectivity index (χ4n) is 7.68. The van der Waals surface area contributed by atoms with Crippen LogP contribution in [0.5, 0.6) is 5.75 Å². The molecule has 2 saturated heterocycles. The van der Waals surface area contributed by atoms with Gasteiger partial charge in [0.2, 0.25) is 11.8 Å². The van der Waals surface area contributed by atoms with Crippen LogP contribution < -0.4 is 4.90 Å². The second-order valence-corrected chi connectivity index (χ2v) is 12.8. The number of amides is 4. The van der Waals surface area contributed by atoms with Gasteiger partial charge in [-0.25, -0.2) is 4.79 Å². The second kappa shape index (κ2) is 9.14. The molecule has 6 unspecified atom stereocenters. The van der Waals surface area contributed by atoms with Crippen molar-refractivity contribution in [1.29, 1.82) is 0 Å². The molecule has 3 aromatic rings. The summed E-state index contributed by atoms with van der Waals surface area (Å²) in [4.78, 5) is 65.0. The number of carbonyl (C=O) groups excluding carboxylic acids is 4. The third-order valence-corrected chi connectivity index (χ3v) is 11.0. The van der Waals surface area contributed by atoms with E-state index < -0.39 is 63.0 Å². The molecule has 11 heteroatoms. The van der Waals surface area contributed by atoms with Gasteiger partial charge in [-0.3, -0.25) is 29.0 Å². The van der Waals surface area contributed by atoms with E-state index >= 15 is 0 Å². The van der Waals surface area contributed by atoms with Crippen LogP contribution in [0.2, 0.25) is 0 Å². The Morgan fingerprint density at radius 2 is 1.63 bits per heavy atom. The zero-order chi connectivity index (χ0) is 30.6. The molecule has 218 valence electrons. The zero-order valence-corrected chi connectivity index (χ0v) is 24.2. The average molecular weight is 619 g/mol. The van der Waals surface area contributed by atoms with Gasteiger partial charge in [0.05, 0.1) is 23.1 Å². The van der Waals surface area contributed by atoms with E-state index in [-0.39, 0.29) is 29.8 Å². The number of likely N-dealkylation sites (tertiary alicyclic amines) is 1. The first kappa shape index (κ1) is 27.6. The van der Waals surface area contributed by atoms with Crippen LogP contribution in [0.4, 0.5) is 5.69 Å². The molecule has 2 aliphatic carbocycles. The number of anilines is 1. The SMILES string of the molecule is CN1C(=O)C2(Cl)CC3C(=CCC4C(=O)N(c5cccc(C(=O)O)c5)C(=O)C43)C(c3ccc(O)c4ccccc34)C2(Cl)C1=O. The molecule has 4 amide bonds. The third-order valence-electron chi connectivity index (χ3n) is 9.61. The standard InChI is InChI=1S/C32H24Cl2N2O7/c1-35-29(42)31(33)14-22-20(25(32(31,34)30(35)43)19-11-12-23(37)18-8-3-2-7-17(18)19)9-10-21-24(22)27(39)36(26(21)38)16-6-4-5-15(13-16)28(40)41/h2-9,11-13,21-22,24-25,37H,10,14H2,1H3,(H,40,41). The van der Waals surface area contributed by atoms with Crippen molar-refractivity contribution in [2.24, 2.45) is 17.8 Å². The van der Waals surface area contributed by atoms with Gasteiger partial charge in [0.15, 0.2) is 9.75 Å². The number of carbonyl (C=O) groups is 5. The van der Waals surface area contributed by atoms with Gasteiger partial charge in [0, 0.05) is 18.4 Å². The number of nitrogens with zero attached hydrogens (tertiary/aromatic N) is 2. The highest BCUT2D eigenvalue weighted by molar-refractivity contribution is 6.53. The molecular formula is C32H24Cl2N2O7. The number of imide groups is 2. The van der Waals surface area contributed by atoms with E-state index in [1.165, 1.54) is 37.4 Å². The predicted molar refractivity (Wildman–Crippen MR) is 157 cm³/mol. The minimum Gasteiger partial charge on any atom is -0.507 e. The number of benzene rings is 3. The van der Waals surface area contributed by atoms with Gasteiger partial charge in [0.25, 0.3) is 11.8 Å². The van der Waals surface area contributed by atoms with Crippen LogP contribution in [0.1, 0.15) is 34.7 Å². The van der Waals surface area contributed by atoms with Crippen LogP contribution in [-0.2, 0) is 19.2 Å². The van der Waals surface area contributed by atoms with Crippen molar-refractivity contribution in [1.82, 2.24) is 4.90 Å². The van der Waals surface area contributed by atoms with E-state index in [1.807, 2.05) is 6.08 Å². The zero-order valence-electron chi connectivity index (χ0n) is 22.7. The second-order valence-electron chi connectivity index (χ2n) is 11.6. The Morgan fingerprint density at radius 3 is 2.35 bits per heavy atom. The number of carboxylic acid groups (broad SMARTS) is 1. The Kier molecular flexibility index (Phi) is 5.87. The van der Waals surface area contributed by atoms with Gasteiger partial charge in [-0.1, -0.05) is 48.0 Å². The molecule has 3 fully saturated rings. The fraction of sp³-hybridized carbons (Fsp3) is 0.281. The molecule has 6 atom stereocenters. The van der Waals surface area contributed by atoms with Crippen LogP contribution in [0.3, 0.4) is 0 Å². The van der Waals surface area contributed by atoms with Gasteiger partial charge in [-0.15, -0.1) is 23.2 Å². The molecule has 3 aromatic carbocycles. The molecule has 1 saturated carbocycles. The van der Waals surface area contributed by atoms with E-state index in [0.717, 1.165) is 9.80 Å². The molecule has 2 aliphatic heterocycles. The largest absolute Gasteiger partial charge is 0.507 e. The van der Waals surface area contributed by atoms with Crippen molar-refractivity contribution in [3.8, 4) is 5.75 Å². The lowest BCUT2D eigenvalue weighted by Gasteiger charge is -2.51. The number of aromatic hydroxyl groups is 1. The number of rotatable bonds is 3. The maximum absolute atomic E-state index is 14.1. The summed E-state index contributed by atoms with van der Waals surface area (Å²) in [6.45, 7) is 0. The lowest BCUT2D eigenvalue weighted by Crippen LogP contribution is -2.60. The van der Waals surface area contributed by atoms with E-state index in [0.29, 0.717) is 21.9 Å². The number of fused-ring (bicyclic) bond motifs is 5. The average Bonchev–Trinajstić information content (AvgIpc) is 3.33. The van der Waals surface area contributed by atoms with Crippen LogP contribution in [0.25, 0.3) is 10.8 Å². The highest BCUT2D eigenvalue weighted by Gasteiger charge is 2.76. The predicted octanol–water partition coefficient (Wildman–Crippen LogP) is 4.44. The van der Waals surface area contributed by atoms with Crippen LogP contribution in [0.15, 0.2) is 72.3 Å². The molecule has 43 heavy (non-hydrogen) atoms. The van der Waals surface area contributed by atoms with Crippen LogP contribution >= 0.6 is 23.2 Å². The summed E-state index contributed by atoms with van der Waals surface area (Å²) in [5, 5.41) is 21.2. The molecule has 0 aromatic heterocycles. The summed E-state index contributed by atoms with van der Waals surface area (Å²) in [5.74, 6) is -6.94. The summed E-state index contributed by atoms with van der Waals surface area (Å²) in [5.41, 5.74) is 1.25. The van der Waals surface area contributed by atoms with E-state index in [1.54, 1.807) is 30.3 Å². The first-order valence-corrected chi connectivity index (χ1v) is 14.5. The maximum Gasteiger partial charge on any atom is 0.335 e. The maximum atomic E-state index is 14.1. The van der Waals surface area contributed by atoms with Crippen molar-refractivity contribution >= 4 is 69.3 Å². The lowest BCUT2D eigenvalue weighted by atomic mass is 9.56. The first-order chi connectivity index (χ1) is 20.4. The molecule has 0 radical (unpaired) electrons. The van der Waals surface area contributed by atoms with Gasteiger partial charge in [-0.05, 0) is 54.0 Å². The number of phenols is 1. The lowest BCUT2D eigenvalue weighted by molar-refractivity contribution is -0.138. The van der Waals surface area contributed by atoms with E-state index in [2.05, 4.69) is 0 Å². The minimum absolute atomic E-state index is 0.0203. The Balaban J connectivity index is 1.42. The van der Waals surface area contributed by atoms with Gasteiger partial charge in [-0.2, -0.15) is 0 Å². The summed E-state index contributed by atoms with van der Waals surface area (Å²) in [6, 6.07) is 15.8. The number of hydrogen-bond donors (Lipinski definition) is 2.